The van der Waals surface area contributed by atoms with Crippen molar-refractivity contribution < 1.29 is 9.47 Å². The fraction of sp³-hybridized carbons (Fsp3) is 0.333. The summed E-state index contributed by atoms with van der Waals surface area (Å²) >= 11 is 0. The summed E-state index contributed by atoms with van der Waals surface area (Å²) in [5, 5.41) is 0. The van der Waals surface area contributed by atoms with Gasteiger partial charge in [0.1, 0.15) is 11.5 Å². The van der Waals surface area contributed by atoms with E-state index in [1.165, 1.54) is 5.56 Å². The number of hydrogen-bond donors (Lipinski definition) is 1. The van der Waals surface area contributed by atoms with E-state index in [1.54, 1.807) is 7.11 Å². The number of benzene rings is 2. The maximum atomic E-state index is 6.35. The van der Waals surface area contributed by atoms with Crippen molar-refractivity contribution in [2.24, 2.45) is 5.73 Å². The normalized spacial score (nSPS) is 12.0. The molecular formula is C18H23NO2. The van der Waals surface area contributed by atoms with Gasteiger partial charge in [-0.1, -0.05) is 29.8 Å². The van der Waals surface area contributed by atoms with Crippen LogP contribution in [0.15, 0.2) is 42.5 Å². The first-order chi connectivity index (χ1) is 10.1. The number of methoxy groups -OCH3 is 1. The molecular weight excluding hydrogens is 262 g/mol. The molecule has 0 aliphatic carbocycles. The molecule has 0 radical (unpaired) electrons. The number of nitrogens with two attached hydrogens (primary N) is 1. The molecule has 1 unspecified atom stereocenters. The summed E-state index contributed by atoms with van der Waals surface area (Å²) in [6, 6.07) is 14.1. The standard InChI is InChI=1S/C18H23NO2/c1-4-21-16-7-5-6-14(11-16)17(19)12-15-10-13(2)8-9-18(15)20-3/h5-11,17H,4,12,19H2,1-3H3. The Labute approximate surface area is 126 Å². The van der Waals surface area contributed by atoms with Gasteiger partial charge in [0, 0.05) is 6.04 Å². The Hall–Kier alpha value is -2.00. The van der Waals surface area contributed by atoms with E-state index in [4.69, 9.17) is 15.2 Å². The van der Waals surface area contributed by atoms with Crippen molar-refractivity contribution in [3.8, 4) is 11.5 Å². The molecule has 0 heterocycles. The van der Waals surface area contributed by atoms with Crippen LogP contribution < -0.4 is 15.2 Å². The smallest absolute Gasteiger partial charge is 0.122 e. The van der Waals surface area contributed by atoms with Crippen molar-refractivity contribution in [2.75, 3.05) is 13.7 Å². The maximum Gasteiger partial charge on any atom is 0.122 e. The zero-order chi connectivity index (χ0) is 15.2. The predicted octanol–water partition coefficient (Wildman–Crippen LogP) is 3.64. The molecule has 0 aromatic heterocycles. The summed E-state index contributed by atoms with van der Waals surface area (Å²) in [7, 11) is 1.69. The highest BCUT2D eigenvalue weighted by Crippen LogP contribution is 2.26. The summed E-state index contributed by atoms with van der Waals surface area (Å²) < 4.78 is 10.9. The molecule has 0 spiro atoms. The first kappa shape index (κ1) is 15.4. The van der Waals surface area contributed by atoms with E-state index < -0.39 is 0 Å². The second-order valence-corrected chi connectivity index (χ2v) is 5.13. The SMILES string of the molecule is CCOc1cccc(C(N)Cc2cc(C)ccc2OC)c1. The molecule has 3 nitrogen and oxygen atoms in total. The second kappa shape index (κ2) is 7.14. The van der Waals surface area contributed by atoms with Crippen LogP contribution in [0.25, 0.3) is 0 Å². The molecule has 0 amide bonds. The molecule has 2 aromatic rings. The number of hydrogen-bond acceptors (Lipinski definition) is 3. The molecule has 2 rings (SSSR count). The minimum atomic E-state index is -0.0823. The zero-order valence-electron chi connectivity index (χ0n) is 12.9. The van der Waals surface area contributed by atoms with Crippen LogP contribution in [-0.4, -0.2) is 13.7 Å². The second-order valence-electron chi connectivity index (χ2n) is 5.13. The molecule has 21 heavy (non-hydrogen) atoms. The Balaban J connectivity index is 2.19. The number of rotatable bonds is 6. The fourth-order valence-corrected chi connectivity index (χ4v) is 2.42. The van der Waals surface area contributed by atoms with Crippen LogP contribution in [0.5, 0.6) is 11.5 Å². The van der Waals surface area contributed by atoms with E-state index in [0.29, 0.717) is 6.61 Å². The lowest BCUT2D eigenvalue weighted by Gasteiger charge is -2.16. The molecule has 0 saturated heterocycles. The van der Waals surface area contributed by atoms with Gasteiger partial charge in [0.15, 0.2) is 0 Å². The summed E-state index contributed by atoms with van der Waals surface area (Å²) in [6.07, 6.45) is 0.737. The zero-order valence-corrected chi connectivity index (χ0v) is 12.9. The van der Waals surface area contributed by atoms with Crippen LogP contribution in [0.3, 0.4) is 0 Å². The molecule has 0 aliphatic heterocycles. The van der Waals surface area contributed by atoms with Crippen LogP contribution in [0.1, 0.15) is 29.7 Å². The van der Waals surface area contributed by atoms with Crippen LogP contribution in [0.4, 0.5) is 0 Å². The van der Waals surface area contributed by atoms with Gasteiger partial charge in [-0.25, -0.2) is 0 Å². The van der Waals surface area contributed by atoms with E-state index >= 15 is 0 Å². The highest BCUT2D eigenvalue weighted by atomic mass is 16.5. The molecule has 0 saturated carbocycles. The molecule has 2 N–H and O–H groups in total. The van der Waals surface area contributed by atoms with Crippen LogP contribution in [-0.2, 0) is 6.42 Å². The molecule has 112 valence electrons. The van der Waals surface area contributed by atoms with Gasteiger partial charge in [-0.2, -0.15) is 0 Å². The van der Waals surface area contributed by atoms with Crippen molar-refractivity contribution in [1.29, 1.82) is 0 Å². The van der Waals surface area contributed by atoms with Crippen LogP contribution in [0, 0.1) is 6.92 Å². The quantitative estimate of drug-likeness (QED) is 0.881. The summed E-state index contributed by atoms with van der Waals surface area (Å²) in [5.41, 5.74) is 9.77. The van der Waals surface area contributed by atoms with E-state index in [0.717, 1.165) is 29.0 Å². The van der Waals surface area contributed by atoms with E-state index in [9.17, 15) is 0 Å². The predicted molar refractivity (Wildman–Crippen MR) is 86.0 cm³/mol. The molecule has 1 atom stereocenters. The van der Waals surface area contributed by atoms with Crippen molar-refractivity contribution in [1.82, 2.24) is 0 Å². The van der Waals surface area contributed by atoms with E-state index in [2.05, 4.69) is 13.0 Å². The highest BCUT2D eigenvalue weighted by molar-refractivity contribution is 5.39. The molecule has 0 aliphatic rings. The van der Waals surface area contributed by atoms with Crippen molar-refractivity contribution in [2.45, 2.75) is 26.3 Å². The third-order valence-electron chi connectivity index (χ3n) is 3.47. The largest absolute Gasteiger partial charge is 0.496 e. The van der Waals surface area contributed by atoms with Gasteiger partial charge in [0.05, 0.1) is 13.7 Å². The molecule has 3 heteroatoms. The number of aryl methyl sites for hydroxylation is 1. The minimum Gasteiger partial charge on any atom is -0.496 e. The lowest BCUT2D eigenvalue weighted by molar-refractivity contribution is 0.339. The Kier molecular flexibility index (Phi) is 5.23. The van der Waals surface area contributed by atoms with Crippen molar-refractivity contribution >= 4 is 0 Å². The molecule has 0 fully saturated rings. The van der Waals surface area contributed by atoms with Gasteiger partial charge >= 0.3 is 0 Å². The van der Waals surface area contributed by atoms with Gasteiger partial charge in [0.25, 0.3) is 0 Å². The Morgan fingerprint density at radius 3 is 2.67 bits per heavy atom. The lowest BCUT2D eigenvalue weighted by atomic mass is 9.98. The number of ether oxygens (including phenoxy) is 2. The first-order valence-electron chi connectivity index (χ1n) is 7.26. The van der Waals surface area contributed by atoms with E-state index in [-0.39, 0.29) is 6.04 Å². The third kappa shape index (κ3) is 3.99. The third-order valence-corrected chi connectivity index (χ3v) is 3.47. The van der Waals surface area contributed by atoms with E-state index in [1.807, 2.05) is 43.3 Å². The fourth-order valence-electron chi connectivity index (χ4n) is 2.42. The Bertz CT molecular complexity index is 596. The van der Waals surface area contributed by atoms with Crippen LogP contribution >= 0.6 is 0 Å². The highest BCUT2D eigenvalue weighted by Gasteiger charge is 2.12. The maximum absolute atomic E-state index is 6.35. The average molecular weight is 285 g/mol. The van der Waals surface area contributed by atoms with Crippen molar-refractivity contribution in [3.05, 3.63) is 59.2 Å². The first-order valence-corrected chi connectivity index (χ1v) is 7.26. The van der Waals surface area contributed by atoms with Crippen LogP contribution in [0.2, 0.25) is 0 Å². The summed E-state index contributed by atoms with van der Waals surface area (Å²) in [6.45, 7) is 4.71. The van der Waals surface area contributed by atoms with Crippen molar-refractivity contribution in [3.63, 3.8) is 0 Å². The topological polar surface area (TPSA) is 44.5 Å². The van der Waals surface area contributed by atoms with Gasteiger partial charge in [-0.05, 0) is 49.6 Å². The molecule has 0 bridgehead atoms. The Morgan fingerprint density at radius 1 is 1.14 bits per heavy atom. The monoisotopic (exact) mass is 285 g/mol. The van der Waals surface area contributed by atoms with Gasteiger partial charge in [0.2, 0.25) is 0 Å². The Morgan fingerprint density at radius 2 is 1.95 bits per heavy atom. The van der Waals surface area contributed by atoms with Gasteiger partial charge < -0.3 is 15.2 Å². The van der Waals surface area contributed by atoms with Gasteiger partial charge in [-0.15, -0.1) is 0 Å². The minimum absolute atomic E-state index is 0.0823. The lowest BCUT2D eigenvalue weighted by Crippen LogP contribution is -2.14. The summed E-state index contributed by atoms with van der Waals surface area (Å²) in [5.74, 6) is 1.75. The van der Waals surface area contributed by atoms with Gasteiger partial charge in [-0.3, -0.25) is 0 Å². The average Bonchev–Trinajstić information content (AvgIpc) is 2.48. The summed E-state index contributed by atoms with van der Waals surface area (Å²) in [4.78, 5) is 0. The molecule has 2 aromatic carbocycles.